The number of H-pyrrole nitrogens is 1. The summed E-state index contributed by atoms with van der Waals surface area (Å²) in [6.45, 7) is 6.47. The molecule has 0 spiro atoms. The number of nitrogens with one attached hydrogen (secondary N) is 1. The van der Waals surface area contributed by atoms with Crippen LogP contribution in [0.1, 0.15) is 56.0 Å². The van der Waals surface area contributed by atoms with Crippen LogP contribution in [-0.4, -0.2) is 86.6 Å². The van der Waals surface area contributed by atoms with Crippen LogP contribution < -0.4 is 0 Å². The van der Waals surface area contributed by atoms with E-state index >= 15 is 0 Å². The van der Waals surface area contributed by atoms with E-state index < -0.39 is 17.9 Å². The Balaban J connectivity index is 0.000000204. The fraction of sp³-hybridized carbons (Fsp3) is 0.310. The van der Waals surface area contributed by atoms with Crippen molar-refractivity contribution in [2.45, 2.75) is 26.3 Å². The summed E-state index contributed by atoms with van der Waals surface area (Å²) in [4.78, 5) is 52.3. The molecule has 0 fully saturated rings. The van der Waals surface area contributed by atoms with Gasteiger partial charge in [-0.2, -0.15) is 0 Å². The molecule has 10 heteroatoms. The van der Waals surface area contributed by atoms with Crippen LogP contribution in [0, 0.1) is 5.92 Å². The summed E-state index contributed by atoms with van der Waals surface area (Å²) in [7, 11) is 2.15. The lowest BCUT2D eigenvalue weighted by Crippen LogP contribution is -2.47. The lowest BCUT2D eigenvalue weighted by molar-refractivity contribution is -0.134. The van der Waals surface area contributed by atoms with E-state index in [2.05, 4.69) is 61.3 Å². The van der Waals surface area contributed by atoms with Crippen molar-refractivity contribution in [1.82, 2.24) is 14.8 Å². The smallest absolute Gasteiger partial charge is 0.335 e. The number of fused-ring (bicyclic) bond motifs is 2. The molecular weight excluding hydrogens is 502 g/mol. The van der Waals surface area contributed by atoms with Crippen molar-refractivity contribution in [3.05, 3.63) is 76.5 Å². The van der Waals surface area contributed by atoms with Gasteiger partial charge in [-0.1, -0.05) is 18.2 Å². The Morgan fingerprint density at radius 3 is 2.03 bits per heavy atom. The molecule has 39 heavy (non-hydrogen) atoms. The molecule has 2 heterocycles. The van der Waals surface area contributed by atoms with Crippen molar-refractivity contribution in [2.75, 3.05) is 26.7 Å². The third-order valence-electron chi connectivity index (χ3n) is 7.33. The number of carbonyl (C=O) groups is 4. The number of likely N-dealkylation sites (N-methyl/N-ethyl adjacent to an activating group) is 1. The Kier molecular flexibility index (Phi) is 7.87. The molecule has 0 radical (unpaired) electrons. The first-order valence-corrected chi connectivity index (χ1v) is 12.7. The number of aromatic nitrogens is 1. The molecule has 204 valence electrons. The van der Waals surface area contributed by atoms with Crippen LogP contribution in [-0.2, 0) is 11.2 Å². The number of aromatic carboxylic acids is 3. The number of carboxylic acids is 3. The van der Waals surface area contributed by atoms with Gasteiger partial charge in [0, 0.05) is 42.8 Å². The Morgan fingerprint density at radius 2 is 1.51 bits per heavy atom. The monoisotopic (exact) mass is 533 g/mol. The van der Waals surface area contributed by atoms with Gasteiger partial charge in [0.05, 0.1) is 22.6 Å². The lowest BCUT2D eigenvalue weighted by Gasteiger charge is -2.40. The predicted molar refractivity (Wildman–Crippen MR) is 145 cm³/mol. The second kappa shape index (κ2) is 11.1. The average Bonchev–Trinajstić information content (AvgIpc) is 3.34. The highest BCUT2D eigenvalue weighted by atomic mass is 16.4. The fourth-order valence-electron chi connectivity index (χ4n) is 5.37. The number of hydrogen-bond donors (Lipinski definition) is 4. The number of rotatable bonds is 6. The standard InChI is InChI=1S/C20H25N3O.C9H6O6/c1-4-23(5-2)20(24)14-9-16-15-7-6-8-17-19(15)13(11-21-17)10-18(16)22(3)12-14;10-7(11)4-1-5(8(12)13)3-6(2-4)9(14)15/h6-9,11,14,18,21H,4-5,10,12H2,1-3H3;1-3H,(H,10,11)(H,12,13)(H,14,15)/t14-,18-;/m1./s1. The van der Waals surface area contributed by atoms with E-state index in [-0.39, 0.29) is 28.5 Å². The maximum absolute atomic E-state index is 12.9. The molecule has 2 atom stereocenters. The predicted octanol–water partition coefficient (Wildman–Crippen LogP) is 3.69. The summed E-state index contributed by atoms with van der Waals surface area (Å²) in [6.07, 6.45) is 5.41. The quantitative estimate of drug-likeness (QED) is 0.375. The molecule has 1 aliphatic carbocycles. The Morgan fingerprint density at radius 1 is 0.949 bits per heavy atom. The van der Waals surface area contributed by atoms with Gasteiger partial charge in [0.15, 0.2) is 0 Å². The van der Waals surface area contributed by atoms with Gasteiger partial charge >= 0.3 is 17.9 Å². The van der Waals surface area contributed by atoms with E-state index in [1.165, 1.54) is 27.6 Å². The molecule has 0 saturated heterocycles. The molecule has 2 aromatic carbocycles. The normalized spacial score (nSPS) is 17.9. The van der Waals surface area contributed by atoms with E-state index in [9.17, 15) is 19.2 Å². The van der Waals surface area contributed by atoms with Gasteiger partial charge in [0.1, 0.15) is 0 Å². The molecule has 0 saturated carbocycles. The molecule has 1 aromatic heterocycles. The maximum Gasteiger partial charge on any atom is 0.335 e. The first-order chi connectivity index (χ1) is 18.5. The number of aromatic amines is 1. The summed E-state index contributed by atoms with van der Waals surface area (Å²) < 4.78 is 0. The highest BCUT2D eigenvalue weighted by Crippen LogP contribution is 2.40. The van der Waals surface area contributed by atoms with E-state index in [1.54, 1.807) is 0 Å². The highest BCUT2D eigenvalue weighted by Gasteiger charge is 2.36. The van der Waals surface area contributed by atoms with Crippen molar-refractivity contribution >= 4 is 40.3 Å². The van der Waals surface area contributed by atoms with Gasteiger partial charge in [-0.25, -0.2) is 14.4 Å². The minimum atomic E-state index is -1.37. The van der Waals surface area contributed by atoms with Gasteiger partial charge in [-0.3, -0.25) is 9.69 Å². The summed E-state index contributed by atoms with van der Waals surface area (Å²) >= 11 is 0. The van der Waals surface area contributed by atoms with E-state index in [0.29, 0.717) is 6.04 Å². The zero-order chi connectivity index (χ0) is 28.4. The molecule has 3 aromatic rings. The van der Waals surface area contributed by atoms with E-state index in [1.807, 2.05) is 4.90 Å². The molecule has 0 unspecified atom stereocenters. The zero-order valence-electron chi connectivity index (χ0n) is 22.0. The Labute approximate surface area is 225 Å². The Hall–Kier alpha value is -4.44. The molecule has 4 N–H and O–H groups in total. The van der Waals surface area contributed by atoms with Gasteiger partial charge in [0.25, 0.3) is 0 Å². The zero-order valence-corrected chi connectivity index (χ0v) is 22.0. The molecule has 5 rings (SSSR count). The van der Waals surface area contributed by atoms with Crippen LogP contribution in [0.4, 0.5) is 0 Å². The van der Waals surface area contributed by atoms with Crippen LogP contribution in [0.2, 0.25) is 0 Å². The van der Waals surface area contributed by atoms with Crippen molar-refractivity contribution in [3.63, 3.8) is 0 Å². The van der Waals surface area contributed by atoms with Gasteiger partial charge < -0.3 is 25.2 Å². The minimum Gasteiger partial charge on any atom is -0.478 e. The number of nitrogens with zero attached hydrogens (tertiary/aromatic N) is 2. The van der Waals surface area contributed by atoms with Crippen molar-refractivity contribution in [1.29, 1.82) is 0 Å². The minimum absolute atomic E-state index is 0.0445. The second-order valence-electron chi connectivity index (χ2n) is 9.66. The third kappa shape index (κ3) is 5.42. The Bertz CT molecular complexity index is 1410. The van der Waals surface area contributed by atoms with Crippen LogP contribution in [0.5, 0.6) is 0 Å². The van der Waals surface area contributed by atoms with Crippen LogP contribution in [0.3, 0.4) is 0 Å². The van der Waals surface area contributed by atoms with E-state index in [4.69, 9.17) is 15.3 Å². The molecule has 1 amide bonds. The topological polar surface area (TPSA) is 151 Å². The average molecular weight is 534 g/mol. The van der Waals surface area contributed by atoms with Crippen LogP contribution >= 0.6 is 0 Å². The first-order valence-electron chi connectivity index (χ1n) is 12.7. The summed E-state index contributed by atoms with van der Waals surface area (Å²) in [6, 6.07) is 9.52. The number of hydrogen-bond acceptors (Lipinski definition) is 5. The first kappa shape index (κ1) is 27.6. The largest absolute Gasteiger partial charge is 0.478 e. The summed E-state index contributed by atoms with van der Waals surface area (Å²) in [5.74, 6) is -3.91. The van der Waals surface area contributed by atoms with Gasteiger partial charge in [-0.15, -0.1) is 0 Å². The number of carbonyl (C=O) groups excluding carboxylic acids is 1. The molecule has 10 nitrogen and oxygen atoms in total. The SMILES string of the molecule is CCN(CC)C(=O)[C@@H]1C=C2c3cccc4[nH]cc(c34)C[C@H]2N(C)C1.O=C(O)c1cc(C(=O)O)cc(C(=O)O)c1. The highest BCUT2D eigenvalue weighted by molar-refractivity contribution is 6.00. The van der Waals surface area contributed by atoms with Crippen LogP contribution in [0.25, 0.3) is 16.5 Å². The van der Waals surface area contributed by atoms with Gasteiger partial charge in [0.2, 0.25) is 5.91 Å². The number of amides is 1. The van der Waals surface area contributed by atoms with Crippen LogP contribution in [0.15, 0.2) is 48.7 Å². The lowest BCUT2D eigenvalue weighted by atomic mass is 9.79. The molecule has 2 aliphatic rings. The second-order valence-corrected chi connectivity index (χ2v) is 9.66. The maximum atomic E-state index is 12.9. The third-order valence-corrected chi connectivity index (χ3v) is 7.33. The van der Waals surface area contributed by atoms with Gasteiger partial charge in [-0.05, 0) is 68.3 Å². The number of carboxylic acid groups (broad SMARTS) is 3. The summed E-state index contributed by atoms with van der Waals surface area (Å²) in [5.41, 5.74) is 4.10. The molecule has 0 bridgehead atoms. The van der Waals surface area contributed by atoms with Crippen molar-refractivity contribution in [3.8, 4) is 0 Å². The number of benzene rings is 2. The molecule has 1 aliphatic heterocycles. The summed E-state index contributed by atoms with van der Waals surface area (Å²) in [5, 5.41) is 27.2. The van der Waals surface area contributed by atoms with Crippen molar-refractivity contribution < 1.29 is 34.5 Å². The molecular formula is C29H31N3O7. The van der Waals surface area contributed by atoms with E-state index in [0.717, 1.165) is 44.3 Å². The van der Waals surface area contributed by atoms with Crippen molar-refractivity contribution in [2.24, 2.45) is 5.92 Å². The fourth-order valence-corrected chi connectivity index (χ4v) is 5.37.